The predicted octanol–water partition coefficient (Wildman–Crippen LogP) is 5.85. The standard InChI is InChI=1S/C23H24Cl2N2O2/c1-23-11-3-2-4-19(23)21(23)22(28)27-26-13-15-5-9-18(10-6-15)29-14-16-7-8-17(24)12-20(16)25/h5-10,12-13,19,21H,2-4,11,14H2,1H3,(H,27,28)/b26-13+. The summed E-state index contributed by atoms with van der Waals surface area (Å²) in [6.07, 6.45) is 6.46. The molecule has 2 aliphatic rings. The van der Waals surface area contributed by atoms with Crippen molar-refractivity contribution in [2.24, 2.45) is 22.4 Å². The minimum Gasteiger partial charge on any atom is -0.489 e. The number of benzene rings is 2. The van der Waals surface area contributed by atoms with Crippen LogP contribution in [0.25, 0.3) is 0 Å². The van der Waals surface area contributed by atoms with Crippen LogP contribution in [-0.4, -0.2) is 12.1 Å². The van der Waals surface area contributed by atoms with Crippen molar-refractivity contribution in [3.63, 3.8) is 0 Å². The molecule has 1 amide bonds. The monoisotopic (exact) mass is 430 g/mol. The second-order valence-corrected chi connectivity index (χ2v) is 9.01. The highest BCUT2D eigenvalue weighted by molar-refractivity contribution is 6.35. The summed E-state index contributed by atoms with van der Waals surface area (Å²) in [4.78, 5) is 12.4. The van der Waals surface area contributed by atoms with Gasteiger partial charge in [-0.1, -0.05) is 49.0 Å². The Hall–Kier alpha value is -2.04. The van der Waals surface area contributed by atoms with E-state index < -0.39 is 0 Å². The third-order valence-electron chi connectivity index (χ3n) is 6.29. The first-order valence-corrected chi connectivity index (χ1v) is 10.7. The van der Waals surface area contributed by atoms with Crippen LogP contribution in [0.2, 0.25) is 10.0 Å². The number of carbonyl (C=O) groups excluding carboxylic acids is 1. The van der Waals surface area contributed by atoms with Gasteiger partial charge in [0.1, 0.15) is 12.4 Å². The molecule has 0 saturated heterocycles. The van der Waals surface area contributed by atoms with Crippen molar-refractivity contribution in [1.29, 1.82) is 0 Å². The minimum atomic E-state index is 0.0513. The summed E-state index contributed by atoms with van der Waals surface area (Å²) < 4.78 is 5.77. The van der Waals surface area contributed by atoms with E-state index in [9.17, 15) is 4.79 Å². The molecule has 4 nitrogen and oxygen atoms in total. The fourth-order valence-corrected chi connectivity index (χ4v) is 5.00. The Bertz CT molecular complexity index is 929. The summed E-state index contributed by atoms with van der Waals surface area (Å²) in [5, 5.41) is 5.33. The van der Waals surface area contributed by atoms with Gasteiger partial charge in [0.15, 0.2) is 0 Å². The second-order valence-electron chi connectivity index (χ2n) is 8.16. The Morgan fingerprint density at radius 1 is 1.24 bits per heavy atom. The van der Waals surface area contributed by atoms with Crippen molar-refractivity contribution in [3.05, 3.63) is 63.6 Å². The number of nitrogens with one attached hydrogen (secondary N) is 1. The third kappa shape index (κ3) is 4.44. The van der Waals surface area contributed by atoms with Gasteiger partial charge in [0.25, 0.3) is 0 Å². The van der Waals surface area contributed by atoms with E-state index in [-0.39, 0.29) is 17.2 Å². The lowest BCUT2D eigenvalue weighted by molar-refractivity contribution is -0.123. The van der Waals surface area contributed by atoms with E-state index in [0.717, 1.165) is 23.3 Å². The van der Waals surface area contributed by atoms with Crippen molar-refractivity contribution >= 4 is 35.3 Å². The highest BCUT2D eigenvalue weighted by Crippen LogP contribution is 2.66. The topological polar surface area (TPSA) is 50.7 Å². The fourth-order valence-electron chi connectivity index (χ4n) is 4.54. The van der Waals surface area contributed by atoms with Gasteiger partial charge in [-0.3, -0.25) is 4.79 Å². The molecule has 29 heavy (non-hydrogen) atoms. The van der Waals surface area contributed by atoms with Crippen molar-refractivity contribution in [2.45, 2.75) is 39.2 Å². The van der Waals surface area contributed by atoms with Crippen LogP contribution in [0.3, 0.4) is 0 Å². The maximum atomic E-state index is 12.4. The lowest BCUT2D eigenvalue weighted by atomic mass is 9.90. The Kier molecular flexibility index (Phi) is 5.84. The van der Waals surface area contributed by atoms with Crippen molar-refractivity contribution < 1.29 is 9.53 Å². The predicted molar refractivity (Wildman–Crippen MR) is 117 cm³/mol. The van der Waals surface area contributed by atoms with E-state index in [4.69, 9.17) is 27.9 Å². The number of ether oxygens (including phenoxy) is 1. The molecule has 2 saturated carbocycles. The smallest absolute Gasteiger partial charge is 0.244 e. The Labute approximate surface area is 181 Å². The number of nitrogens with zero attached hydrogens (tertiary/aromatic N) is 1. The molecule has 1 N–H and O–H groups in total. The molecule has 0 heterocycles. The van der Waals surface area contributed by atoms with Gasteiger partial charge in [-0.2, -0.15) is 5.10 Å². The molecule has 2 aromatic carbocycles. The summed E-state index contributed by atoms with van der Waals surface area (Å²) >= 11 is 12.1. The first kappa shape index (κ1) is 20.2. The molecule has 3 atom stereocenters. The fraction of sp³-hybridized carbons (Fsp3) is 0.391. The van der Waals surface area contributed by atoms with Crippen LogP contribution in [0.5, 0.6) is 5.75 Å². The first-order chi connectivity index (χ1) is 14.0. The lowest BCUT2D eigenvalue weighted by Gasteiger charge is -2.15. The zero-order valence-electron chi connectivity index (χ0n) is 16.3. The van der Waals surface area contributed by atoms with Crippen LogP contribution in [0.1, 0.15) is 43.7 Å². The zero-order valence-corrected chi connectivity index (χ0v) is 17.8. The van der Waals surface area contributed by atoms with Gasteiger partial charge in [0.2, 0.25) is 5.91 Å². The number of halogens is 2. The molecular weight excluding hydrogens is 407 g/mol. The molecule has 152 valence electrons. The Morgan fingerprint density at radius 3 is 2.72 bits per heavy atom. The van der Waals surface area contributed by atoms with Crippen LogP contribution in [-0.2, 0) is 11.4 Å². The van der Waals surface area contributed by atoms with E-state index in [2.05, 4.69) is 17.5 Å². The van der Waals surface area contributed by atoms with E-state index in [1.807, 2.05) is 30.3 Å². The van der Waals surface area contributed by atoms with Crippen LogP contribution in [0.4, 0.5) is 0 Å². The van der Waals surface area contributed by atoms with Gasteiger partial charge in [-0.25, -0.2) is 5.43 Å². The van der Waals surface area contributed by atoms with E-state index in [1.165, 1.54) is 19.3 Å². The van der Waals surface area contributed by atoms with E-state index >= 15 is 0 Å². The number of hydrogen-bond donors (Lipinski definition) is 1. The van der Waals surface area contributed by atoms with Crippen molar-refractivity contribution in [3.8, 4) is 5.75 Å². The molecule has 2 aliphatic carbocycles. The molecule has 0 spiro atoms. The number of hydrogen-bond acceptors (Lipinski definition) is 3. The summed E-state index contributed by atoms with van der Waals surface area (Å²) in [6.45, 7) is 2.60. The SMILES string of the molecule is CC12CCCCC1C2C(=O)N/N=C/c1ccc(OCc2ccc(Cl)cc2Cl)cc1. The molecule has 4 rings (SSSR count). The Balaban J connectivity index is 1.27. The average Bonchev–Trinajstić information content (AvgIpc) is 3.34. The first-order valence-electron chi connectivity index (χ1n) is 9.97. The lowest BCUT2D eigenvalue weighted by Crippen LogP contribution is -2.22. The summed E-state index contributed by atoms with van der Waals surface area (Å²) in [6, 6.07) is 12.9. The molecule has 3 unspecified atom stereocenters. The maximum Gasteiger partial charge on any atom is 0.244 e. The van der Waals surface area contributed by atoms with Gasteiger partial charge in [0, 0.05) is 21.5 Å². The van der Waals surface area contributed by atoms with Gasteiger partial charge < -0.3 is 4.74 Å². The quantitative estimate of drug-likeness (QED) is 0.461. The summed E-state index contributed by atoms with van der Waals surface area (Å²) in [5.41, 5.74) is 4.68. The molecule has 6 heteroatoms. The van der Waals surface area contributed by atoms with Crippen LogP contribution in [0, 0.1) is 17.3 Å². The number of rotatable bonds is 6. The number of carbonyl (C=O) groups is 1. The van der Waals surface area contributed by atoms with E-state index in [0.29, 0.717) is 22.6 Å². The Morgan fingerprint density at radius 2 is 2.03 bits per heavy atom. The molecule has 0 radical (unpaired) electrons. The molecule has 0 aliphatic heterocycles. The highest BCUT2D eigenvalue weighted by Gasteiger charge is 2.64. The van der Waals surface area contributed by atoms with Crippen LogP contribution in [0.15, 0.2) is 47.6 Å². The molecule has 0 aromatic heterocycles. The largest absolute Gasteiger partial charge is 0.489 e. The molecule has 2 aromatic rings. The molecule has 2 fully saturated rings. The van der Waals surface area contributed by atoms with Gasteiger partial charge in [0.05, 0.1) is 6.21 Å². The maximum absolute atomic E-state index is 12.4. The summed E-state index contributed by atoms with van der Waals surface area (Å²) in [7, 11) is 0. The van der Waals surface area contributed by atoms with Crippen molar-refractivity contribution in [1.82, 2.24) is 5.43 Å². The van der Waals surface area contributed by atoms with Crippen LogP contribution < -0.4 is 10.2 Å². The second kappa shape index (κ2) is 8.37. The highest BCUT2D eigenvalue weighted by atomic mass is 35.5. The van der Waals surface area contributed by atoms with Crippen LogP contribution >= 0.6 is 23.2 Å². The van der Waals surface area contributed by atoms with Crippen molar-refractivity contribution in [2.75, 3.05) is 0 Å². The molecule has 0 bridgehead atoms. The molecular formula is C23H24Cl2N2O2. The van der Waals surface area contributed by atoms with Gasteiger partial charge >= 0.3 is 0 Å². The normalized spacial score (nSPS) is 25.5. The number of amides is 1. The minimum absolute atomic E-state index is 0.0513. The number of hydrazone groups is 1. The van der Waals surface area contributed by atoms with E-state index in [1.54, 1.807) is 18.3 Å². The number of fused-ring (bicyclic) bond motifs is 1. The average molecular weight is 431 g/mol. The third-order valence-corrected chi connectivity index (χ3v) is 6.88. The van der Waals surface area contributed by atoms with Gasteiger partial charge in [-0.05, 0) is 66.1 Å². The summed E-state index contributed by atoms with van der Waals surface area (Å²) in [5.74, 6) is 1.44. The zero-order chi connectivity index (χ0) is 20.4. The van der Waals surface area contributed by atoms with Gasteiger partial charge in [-0.15, -0.1) is 0 Å².